The number of likely N-dealkylation sites (tertiary alicyclic amines) is 1. The lowest BCUT2D eigenvalue weighted by molar-refractivity contribution is 0.00776. The first kappa shape index (κ1) is 10.3. The van der Waals surface area contributed by atoms with Crippen molar-refractivity contribution in [3.8, 4) is 0 Å². The quantitative estimate of drug-likeness (QED) is 0.709. The summed E-state index contributed by atoms with van der Waals surface area (Å²) in [5.41, 5.74) is 2.06. The minimum Gasteiger partial charge on any atom is -0.423 e. The molecular weight excluding hydrogens is 201 g/mol. The van der Waals surface area contributed by atoms with Gasteiger partial charge >= 0.3 is 7.12 Å². The molecule has 1 atom stereocenters. The van der Waals surface area contributed by atoms with Crippen LogP contribution in [0.25, 0.3) is 0 Å². The Morgan fingerprint density at radius 2 is 1.94 bits per heavy atom. The highest BCUT2D eigenvalue weighted by Gasteiger charge is 2.37. The fraction of sp³-hybridized carbons (Fsp3) is 0.500. The number of nitrogens with zero attached hydrogens (tertiary/aromatic N) is 1. The first-order valence-corrected chi connectivity index (χ1v) is 6.02. The number of hydrogen-bond acceptors (Lipinski definition) is 3. The number of benzene rings is 1. The van der Waals surface area contributed by atoms with Crippen LogP contribution in [0.1, 0.15) is 31.1 Å². The second-order valence-corrected chi connectivity index (χ2v) is 4.57. The molecular formula is C12H16BNO2. The van der Waals surface area contributed by atoms with Gasteiger partial charge < -0.3 is 9.68 Å². The molecule has 3 rings (SSSR count). The van der Waals surface area contributed by atoms with Gasteiger partial charge in [-0.3, -0.25) is 4.90 Å². The average molecular weight is 217 g/mol. The topological polar surface area (TPSA) is 32.7 Å². The van der Waals surface area contributed by atoms with Crippen LogP contribution in [0.5, 0.6) is 0 Å². The normalized spacial score (nSPS) is 25.8. The zero-order valence-corrected chi connectivity index (χ0v) is 9.30. The zero-order chi connectivity index (χ0) is 11.0. The molecule has 1 N–H and O–H groups in total. The summed E-state index contributed by atoms with van der Waals surface area (Å²) in [6, 6.07) is 7.97. The highest BCUT2D eigenvalue weighted by atomic mass is 16.5. The molecule has 0 radical (unpaired) electrons. The molecule has 16 heavy (non-hydrogen) atoms. The summed E-state index contributed by atoms with van der Waals surface area (Å²) in [6.45, 7) is 2.15. The molecule has 1 unspecified atom stereocenters. The van der Waals surface area contributed by atoms with Crippen molar-refractivity contribution >= 4 is 12.6 Å². The molecule has 0 amide bonds. The predicted molar refractivity (Wildman–Crippen MR) is 63.3 cm³/mol. The summed E-state index contributed by atoms with van der Waals surface area (Å²) in [6.07, 6.45) is 3.75. The summed E-state index contributed by atoms with van der Waals surface area (Å²) in [5, 5.41) is 9.83. The second-order valence-electron chi connectivity index (χ2n) is 4.57. The molecule has 3 nitrogen and oxygen atoms in total. The molecule has 0 saturated carbocycles. The van der Waals surface area contributed by atoms with Crippen LogP contribution in [0.2, 0.25) is 0 Å². The van der Waals surface area contributed by atoms with Gasteiger partial charge in [0.05, 0.1) is 0 Å². The molecule has 0 bridgehead atoms. The highest BCUT2D eigenvalue weighted by molar-refractivity contribution is 6.61. The summed E-state index contributed by atoms with van der Waals surface area (Å²) in [4.78, 5) is 2.33. The fourth-order valence-electron chi connectivity index (χ4n) is 2.67. The van der Waals surface area contributed by atoms with Gasteiger partial charge in [-0.15, -0.1) is 0 Å². The van der Waals surface area contributed by atoms with Gasteiger partial charge in [0.15, 0.2) is 0 Å². The Kier molecular flexibility index (Phi) is 2.71. The molecule has 1 aromatic carbocycles. The Labute approximate surface area is 96.2 Å². The minimum atomic E-state index is -0.747. The van der Waals surface area contributed by atoms with Crippen LogP contribution in [0.3, 0.4) is 0 Å². The number of piperidine rings is 1. The second kappa shape index (κ2) is 4.20. The number of fused-ring (bicyclic) bond motifs is 1. The molecule has 2 heterocycles. The van der Waals surface area contributed by atoms with Gasteiger partial charge in [-0.1, -0.05) is 30.7 Å². The van der Waals surface area contributed by atoms with Crippen molar-refractivity contribution in [2.75, 3.05) is 13.1 Å². The molecule has 4 heteroatoms. The standard InChI is InChI=1S/C12H16BNO2/c15-13-11-7-3-2-6-10(11)12(16-13)14-8-4-1-5-9-14/h2-3,6-7,12,15H,1,4-5,8-9H2. The van der Waals surface area contributed by atoms with E-state index in [1.54, 1.807) is 0 Å². The van der Waals surface area contributed by atoms with Gasteiger partial charge in [0.25, 0.3) is 0 Å². The van der Waals surface area contributed by atoms with Crippen molar-refractivity contribution in [1.29, 1.82) is 0 Å². The van der Waals surface area contributed by atoms with Crippen molar-refractivity contribution in [1.82, 2.24) is 4.90 Å². The third-order valence-electron chi connectivity index (χ3n) is 3.51. The first-order chi connectivity index (χ1) is 7.86. The molecule has 1 aromatic rings. The van der Waals surface area contributed by atoms with Crippen molar-refractivity contribution < 1.29 is 9.68 Å². The largest absolute Gasteiger partial charge is 0.492 e. The van der Waals surface area contributed by atoms with E-state index in [2.05, 4.69) is 11.0 Å². The van der Waals surface area contributed by atoms with Gasteiger partial charge in [0.2, 0.25) is 0 Å². The maximum absolute atomic E-state index is 9.83. The van der Waals surface area contributed by atoms with Gasteiger partial charge in [0, 0.05) is 13.1 Å². The van der Waals surface area contributed by atoms with Crippen molar-refractivity contribution in [2.24, 2.45) is 0 Å². The van der Waals surface area contributed by atoms with Crippen molar-refractivity contribution in [2.45, 2.75) is 25.5 Å². The highest BCUT2D eigenvalue weighted by Crippen LogP contribution is 2.29. The van der Waals surface area contributed by atoms with Crippen LogP contribution < -0.4 is 5.46 Å². The van der Waals surface area contributed by atoms with E-state index in [1.165, 1.54) is 19.3 Å². The van der Waals surface area contributed by atoms with Crippen LogP contribution in [0.15, 0.2) is 24.3 Å². The lowest BCUT2D eigenvalue weighted by Crippen LogP contribution is -2.34. The summed E-state index contributed by atoms with van der Waals surface area (Å²) >= 11 is 0. The van der Waals surface area contributed by atoms with Crippen LogP contribution in [-0.4, -0.2) is 30.1 Å². The molecule has 0 spiro atoms. The van der Waals surface area contributed by atoms with E-state index in [0.717, 1.165) is 24.1 Å². The third kappa shape index (κ3) is 1.67. The van der Waals surface area contributed by atoms with E-state index in [4.69, 9.17) is 4.65 Å². The van der Waals surface area contributed by atoms with E-state index in [0.29, 0.717) is 0 Å². The predicted octanol–water partition coefficient (Wildman–Crippen LogP) is 0.889. The maximum Gasteiger partial charge on any atom is 0.492 e. The van der Waals surface area contributed by atoms with Crippen LogP contribution in [-0.2, 0) is 4.65 Å². The Morgan fingerprint density at radius 3 is 2.75 bits per heavy atom. The van der Waals surface area contributed by atoms with Crippen LogP contribution >= 0.6 is 0 Å². The monoisotopic (exact) mass is 217 g/mol. The summed E-state index contributed by atoms with van der Waals surface area (Å²) in [5.74, 6) is 0. The Bertz CT molecular complexity index is 379. The summed E-state index contributed by atoms with van der Waals surface area (Å²) < 4.78 is 5.65. The number of rotatable bonds is 1. The van der Waals surface area contributed by atoms with Gasteiger partial charge in [-0.05, 0) is 23.9 Å². The van der Waals surface area contributed by atoms with Crippen molar-refractivity contribution in [3.63, 3.8) is 0 Å². The summed E-state index contributed by atoms with van der Waals surface area (Å²) in [7, 11) is -0.747. The smallest absolute Gasteiger partial charge is 0.423 e. The lowest BCUT2D eigenvalue weighted by Gasteiger charge is -2.32. The third-order valence-corrected chi connectivity index (χ3v) is 3.51. The van der Waals surface area contributed by atoms with E-state index in [1.807, 2.05) is 18.2 Å². The molecule has 0 aliphatic carbocycles. The first-order valence-electron chi connectivity index (χ1n) is 6.02. The van der Waals surface area contributed by atoms with Gasteiger partial charge in [-0.2, -0.15) is 0 Å². The SMILES string of the molecule is OB1OC(N2CCCCC2)c2ccccc21. The maximum atomic E-state index is 9.83. The molecule has 2 aliphatic heterocycles. The molecule has 1 saturated heterocycles. The van der Waals surface area contributed by atoms with E-state index in [-0.39, 0.29) is 6.23 Å². The van der Waals surface area contributed by atoms with Gasteiger partial charge in [0.1, 0.15) is 6.23 Å². The van der Waals surface area contributed by atoms with Crippen LogP contribution in [0.4, 0.5) is 0 Å². The van der Waals surface area contributed by atoms with E-state index >= 15 is 0 Å². The molecule has 2 aliphatic rings. The molecule has 0 aromatic heterocycles. The van der Waals surface area contributed by atoms with Crippen molar-refractivity contribution in [3.05, 3.63) is 29.8 Å². The Hall–Kier alpha value is -0.835. The zero-order valence-electron chi connectivity index (χ0n) is 9.30. The lowest BCUT2D eigenvalue weighted by atomic mass is 9.79. The Balaban J connectivity index is 1.87. The van der Waals surface area contributed by atoms with E-state index < -0.39 is 7.12 Å². The van der Waals surface area contributed by atoms with E-state index in [9.17, 15) is 5.02 Å². The number of hydrogen-bond donors (Lipinski definition) is 1. The average Bonchev–Trinajstić information content (AvgIpc) is 2.69. The van der Waals surface area contributed by atoms with Crippen LogP contribution in [0, 0.1) is 0 Å². The molecule has 1 fully saturated rings. The fourth-order valence-corrected chi connectivity index (χ4v) is 2.67. The Morgan fingerprint density at radius 1 is 1.19 bits per heavy atom. The molecule has 84 valence electrons. The minimum absolute atomic E-state index is 0.0356. The van der Waals surface area contributed by atoms with Gasteiger partial charge in [-0.25, -0.2) is 0 Å².